The molecule has 2 atom stereocenters. The van der Waals surface area contributed by atoms with Crippen molar-refractivity contribution in [3.05, 3.63) is 65.5 Å². The maximum absolute atomic E-state index is 13.6. The number of aliphatic hydroxyl groups excluding tert-OH is 1. The molecule has 2 heterocycles. The fraction of sp³-hybridized carbons (Fsp3) is 0.435. The van der Waals surface area contributed by atoms with Crippen molar-refractivity contribution in [2.45, 2.75) is 39.3 Å². The van der Waals surface area contributed by atoms with Crippen molar-refractivity contribution in [2.75, 3.05) is 19.7 Å². The minimum atomic E-state index is -0.336. The van der Waals surface area contributed by atoms with Crippen molar-refractivity contribution in [1.29, 1.82) is 0 Å². The van der Waals surface area contributed by atoms with Crippen molar-refractivity contribution < 1.29 is 14.7 Å². The zero-order valence-electron chi connectivity index (χ0n) is 17.1. The van der Waals surface area contributed by atoms with Crippen LogP contribution in [-0.2, 0) is 16.1 Å². The fourth-order valence-corrected chi connectivity index (χ4v) is 4.22. The van der Waals surface area contributed by atoms with Crippen LogP contribution in [0.3, 0.4) is 0 Å². The highest BCUT2D eigenvalue weighted by atomic mass is 16.3. The Kier molecular flexibility index (Phi) is 6.99. The molecule has 6 nitrogen and oxygen atoms in total. The van der Waals surface area contributed by atoms with Gasteiger partial charge in [0.1, 0.15) is 0 Å². The lowest BCUT2D eigenvalue weighted by Gasteiger charge is -2.42. The van der Waals surface area contributed by atoms with Crippen LogP contribution in [0.5, 0.6) is 0 Å². The van der Waals surface area contributed by atoms with Gasteiger partial charge >= 0.3 is 0 Å². The quantitative estimate of drug-likeness (QED) is 0.782. The SMILES string of the molecule is CCN1C(=O)CC[C@@H](C(=O)N(CCO)Cc2cccnc2)[C@@H]1c1ccccc1C. The maximum Gasteiger partial charge on any atom is 0.228 e. The second-order valence-corrected chi connectivity index (χ2v) is 7.47. The first-order valence-electron chi connectivity index (χ1n) is 10.2. The van der Waals surface area contributed by atoms with Gasteiger partial charge in [0.2, 0.25) is 11.8 Å². The highest BCUT2D eigenvalue weighted by molar-refractivity contribution is 5.85. The van der Waals surface area contributed by atoms with Gasteiger partial charge in [-0.05, 0) is 43.0 Å². The maximum atomic E-state index is 13.6. The number of rotatable bonds is 7. The lowest BCUT2D eigenvalue weighted by Crippen LogP contribution is -2.49. The molecular weight excluding hydrogens is 366 g/mol. The van der Waals surface area contributed by atoms with Crippen LogP contribution in [0.15, 0.2) is 48.8 Å². The number of pyridine rings is 1. The Morgan fingerprint density at radius 1 is 1.28 bits per heavy atom. The van der Waals surface area contributed by atoms with Crippen molar-refractivity contribution >= 4 is 11.8 Å². The second kappa shape index (κ2) is 9.65. The molecule has 2 amide bonds. The molecule has 0 saturated carbocycles. The minimum absolute atomic E-state index is 0.0258. The fourth-order valence-electron chi connectivity index (χ4n) is 4.22. The monoisotopic (exact) mass is 395 g/mol. The lowest BCUT2D eigenvalue weighted by molar-refractivity contribution is -0.148. The van der Waals surface area contributed by atoms with E-state index in [-0.39, 0.29) is 36.9 Å². The number of hydrogen-bond donors (Lipinski definition) is 1. The van der Waals surface area contributed by atoms with Gasteiger partial charge in [-0.1, -0.05) is 30.3 Å². The topological polar surface area (TPSA) is 73.7 Å². The number of aliphatic hydroxyl groups is 1. The summed E-state index contributed by atoms with van der Waals surface area (Å²) in [7, 11) is 0. The molecule has 0 aliphatic carbocycles. The number of carbonyl (C=O) groups excluding carboxylic acids is 2. The van der Waals surface area contributed by atoms with E-state index in [4.69, 9.17) is 0 Å². The first-order chi connectivity index (χ1) is 14.1. The Morgan fingerprint density at radius 3 is 2.72 bits per heavy atom. The third kappa shape index (κ3) is 4.65. The number of aromatic nitrogens is 1. The van der Waals surface area contributed by atoms with Crippen LogP contribution >= 0.6 is 0 Å². The summed E-state index contributed by atoms with van der Waals surface area (Å²) in [5, 5.41) is 9.56. The van der Waals surface area contributed by atoms with Gasteiger partial charge in [0.05, 0.1) is 18.6 Å². The molecule has 154 valence electrons. The van der Waals surface area contributed by atoms with Gasteiger partial charge in [0, 0.05) is 38.4 Å². The Hall–Kier alpha value is -2.73. The van der Waals surface area contributed by atoms with Gasteiger partial charge in [-0.3, -0.25) is 14.6 Å². The number of aryl methyl sites for hydroxylation is 1. The van der Waals surface area contributed by atoms with E-state index in [1.54, 1.807) is 17.3 Å². The van der Waals surface area contributed by atoms with Gasteiger partial charge in [-0.2, -0.15) is 0 Å². The Morgan fingerprint density at radius 2 is 2.07 bits per heavy atom. The molecule has 1 fully saturated rings. The van der Waals surface area contributed by atoms with Crippen molar-refractivity contribution in [1.82, 2.24) is 14.8 Å². The molecule has 1 aromatic carbocycles. The standard InChI is InChI=1S/C23H29N3O3/c1-3-26-21(28)11-10-20(22(26)19-9-5-4-7-17(19)2)23(29)25(13-14-27)16-18-8-6-12-24-15-18/h4-9,12,15,20,22,27H,3,10-11,13-14,16H2,1-2H3/t20-,22+/m1/s1. The number of amides is 2. The van der Waals surface area contributed by atoms with Crippen LogP contribution < -0.4 is 0 Å². The number of nitrogens with zero attached hydrogens (tertiary/aromatic N) is 3. The average molecular weight is 396 g/mol. The second-order valence-electron chi connectivity index (χ2n) is 7.47. The third-order valence-electron chi connectivity index (χ3n) is 5.65. The highest BCUT2D eigenvalue weighted by Crippen LogP contribution is 2.39. The number of carbonyl (C=O) groups is 2. The molecule has 0 bridgehead atoms. The van der Waals surface area contributed by atoms with E-state index in [9.17, 15) is 14.7 Å². The van der Waals surface area contributed by atoms with E-state index in [1.807, 2.05) is 55.1 Å². The van der Waals surface area contributed by atoms with E-state index in [2.05, 4.69) is 4.98 Å². The minimum Gasteiger partial charge on any atom is -0.395 e. The smallest absolute Gasteiger partial charge is 0.228 e. The van der Waals surface area contributed by atoms with Crippen LogP contribution in [0.2, 0.25) is 0 Å². The summed E-state index contributed by atoms with van der Waals surface area (Å²) in [6, 6.07) is 11.4. The Balaban J connectivity index is 1.94. The number of hydrogen-bond acceptors (Lipinski definition) is 4. The number of benzene rings is 1. The van der Waals surface area contributed by atoms with Crippen LogP contribution in [0.1, 0.15) is 42.5 Å². The van der Waals surface area contributed by atoms with Crippen molar-refractivity contribution in [3.63, 3.8) is 0 Å². The van der Waals surface area contributed by atoms with Crippen LogP contribution in [0.4, 0.5) is 0 Å². The molecule has 1 aliphatic rings. The molecule has 1 N–H and O–H groups in total. The van der Waals surface area contributed by atoms with E-state index >= 15 is 0 Å². The molecular formula is C23H29N3O3. The normalized spacial score (nSPS) is 19.3. The van der Waals surface area contributed by atoms with Crippen molar-refractivity contribution in [2.24, 2.45) is 5.92 Å². The summed E-state index contributed by atoms with van der Waals surface area (Å²) in [4.78, 5) is 33.9. The van der Waals surface area contributed by atoms with Crippen molar-refractivity contribution in [3.8, 4) is 0 Å². The predicted octanol–water partition coefficient (Wildman–Crippen LogP) is 2.71. The highest BCUT2D eigenvalue weighted by Gasteiger charge is 2.41. The Labute approximate surface area is 172 Å². The predicted molar refractivity (Wildman–Crippen MR) is 111 cm³/mol. The summed E-state index contributed by atoms with van der Waals surface area (Å²) in [6.07, 6.45) is 4.32. The van der Waals surface area contributed by atoms with Gasteiger partial charge in [0.15, 0.2) is 0 Å². The number of likely N-dealkylation sites (tertiary alicyclic amines) is 1. The van der Waals surface area contributed by atoms with Gasteiger partial charge in [-0.15, -0.1) is 0 Å². The molecule has 3 rings (SSSR count). The summed E-state index contributed by atoms with van der Waals surface area (Å²) >= 11 is 0. The molecule has 1 saturated heterocycles. The molecule has 6 heteroatoms. The lowest BCUT2D eigenvalue weighted by atomic mass is 9.81. The molecule has 29 heavy (non-hydrogen) atoms. The zero-order chi connectivity index (χ0) is 20.8. The van der Waals surface area contributed by atoms with Gasteiger partial charge in [-0.25, -0.2) is 0 Å². The van der Waals surface area contributed by atoms with Crippen LogP contribution in [0.25, 0.3) is 0 Å². The van der Waals surface area contributed by atoms with E-state index < -0.39 is 0 Å². The average Bonchev–Trinajstić information content (AvgIpc) is 2.74. The summed E-state index contributed by atoms with van der Waals surface area (Å²) in [5.41, 5.74) is 3.01. The molecule has 0 spiro atoms. The zero-order valence-corrected chi connectivity index (χ0v) is 17.1. The third-order valence-corrected chi connectivity index (χ3v) is 5.65. The molecule has 1 aromatic heterocycles. The van der Waals surface area contributed by atoms with E-state index in [1.165, 1.54) is 0 Å². The molecule has 2 aromatic rings. The summed E-state index contributed by atoms with van der Waals surface area (Å²) in [6.45, 7) is 5.07. The van der Waals surface area contributed by atoms with Gasteiger partial charge < -0.3 is 14.9 Å². The van der Waals surface area contributed by atoms with E-state index in [0.717, 1.165) is 16.7 Å². The van der Waals surface area contributed by atoms with Crippen LogP contribution in [0, 0.1) is 12.8 Å². The number of piperidine rings is 1. The summed E-state index contributed by atoms with van der Waals surface area (Å²) < 4.78 is 0. The molecule has 1 aliphatic heterocycles. The van der Waals surface area contributed by atoms with E-state index in [0.29, 0.717) is 25.9 Å². The van der Waals surface area contributed by atoms with Crippen LogP contribution in [-0.4, -0.2) is 51.4 Å². The molecule has 0 unspecified atom stereocenters. The Bertz CT molecular complexity index is 840. The van der Waals surface area contributed by atoms with Gasteiger partial charge in [0.25, 0.3) is 0 Å². The summed E-state index contributed by atoms with van der Waals surface area (Å²) in [5.74, 6) is -0.273. The first kappa shape index (κ1) is 21.0. The first-order valence-corrected chi connectivity index (χ1v) is 10.2. The molecule has 0 radical (unpaired) electrons. The largest absolute Gasteiger partial charge is 0.395 e.